The number of nitriles is 1. The molecule has 0 fully saturated rings. The predicted octanol–water partition coefficient (Wildman–Crippen LogP) is 5.20. The minimum Gasteiger partial charge on any atom is -0.250 e. The Kier molecular flexibility index (Phi) is 6.51. The van der Waals surface area contributed by atoms with E-state index in [1.807, 2.05) is 24.8 Å². The number of aryl methyl sites for hydroxylation is 3. The number of pyridine rings is 2. The van der Waals surface area contributed by atoms with Gasteiger partial charge in [0.2, 0.25) is 6.19 Å². The molecule has 0 spiro atoms. The predicted molar refractivity (Wildman–Crippen MR) is 117 cm³/mol. The van der Waals surface area contributed by atoms with Crippen LogP contribution in [-0.2, 0) is 19.9 Å². The Morgan fingerprint density at radius 2 is 1.90 bits per heavy atom. The number of aliphatic imine (C=N–C) groups is 1. The zero-order valence-corrected chi connectivity index (χ0v) is 18.4. The summed E-state index contributed by atoms with van der Waals surface area (Å²) in [7, 11) is 1.91. The van der Waals surface area contributed by atoms with E-state index in [9.17, 15) is 0 Å². The maximum atomic E-state index is 9.09. The van der Waals surface area contributed by atoms with E-state index in [1.165, 1.54) is 5.56 Å². The van der Waals surface area contributed by atoms with Crippen LogP contribution in [0.4, 0.5) is 0 Å². The Bertz CT molecular complexity index is 1100. The average Bonchev–Trinajstić information content (AvgIpc) is 2.92. The van der Waals surface area contributed by atoms with Gasteiger partial charge < -0.3 is 0 Å². The van der Waals surface area contributed by atoms with E-state index in [1.54, 1.807) is 12.1 Å². The topological polar surface area (TPSA) is 79.8 Å². The van der Waals surface area contributed by atoms with Crippen molar-refractivity contribution in [2.45, 2.75) is 46.0 Å². The third kappa shape index (κ3) is 4.92. The molecule has 0 aliphatic carbocycles. The second-order valence-corrected chi connectivity index (χ2v) is 8.12. The van der Waals surface area contributed by atoms with Crippen LogP contribution in [0.2, 0.25) is 10.3 Å². The Balaban J connectivity index is 1.86. The molecule has 3 heterocycles. The lowest BCUT2D eigenvalue weighted by Crippen LogP contribution is -2.07. The third-order valence-corrected chi connectivity index (χ3v) is 5.17. The first-order chi connectivity index (χ1) is 13.8. The van der Waals surface area contributed by atoms with Crippen LogP contribution in [0.3, 0.4) is 0 Å². The van der Waals surface area contributed by atoms with Crippen LogP contribution in [0.15, 0.2) is 23.2 Å². The maximum Gasteiger partial charge on any atom is 0.205 e. The highest BCUT2D eigenvalue weighted by Crippen LogP contribution is 2.28. The molecule has 3 aromatic heterocycles. The molecule has 0 aliphatic rings. The fraction of sp³-hybridized carbons (Fsp3) is 0.381. The molecule has 0 saturated heterocycles. The molecule has 150 valence electrons. The highest BCUT2D eigenvalue weighted by molar-refractivity contribution is 6.32. The minimum absolute atomic E-state index is 0.323. The molecule has 3 aromatic rings. The number of hydrogen-bond acceptors (Lipinski definition) is 5. The molecule has 8 heteroatoms. The quantitative estimate of drug-likeness (QED) is 0.307. The molecule has 0 atom stereocenters. The van der Waals surface area contributed by atoms with Crippen molar-refractivity contribution in [1.82, 2.24) is 19.7 Å². The fourth-order valence-electron chi connectivity index (χ4n) is 3.49. The molecule has 6 nitrogen and oxygen atoms in total. The van der Waals surface area contributed by atoms with E-state index in [4.69, 9.17) is 33.4 Å². The molecular weight excluding hydrogens is 407 g/mol. The van der Waals surface area contributed by atoms with Crippen LogP contribution in [0, 0.1) is 18.4 Å². The van der Waals surface area contributed by atoms with Crippen molar-refractivity contribution in [3.63, 3.8) is 0 Å². The van der Waals surface area contributed by atoms with Gasteiger partial charge in [-0.05, 0) is 55.0 Å². The number of halogens is 2. The molecule has 0 bridgehead atoms. The monoisotopic (exact) mass is 428 g/mol. The largest absolute Gasteiger partial charge is 0.250 e. The summed E-state index contributed by atoms with van der Waals surface area (Å²) in [5.74, 6) is 0.357. The maximum absolute atomic E-state index is 9.09. The third-order valence-electron chi connectivity index (χ3n) is 4.78. The van der Waals surface area contributed by atoms with Crippen LogP contribution in [0.1, 0.15) is 48.7 Å². The van der Waals surface area contributed by atoms with Crippen molar-refractivity contribution in [2.24, 2.45) is 12.0 Å². The van der Waals surface area contributed by atoms with Crippen molar-refractivity contribution in [3.05, 3.63) is 51.0 Å². The van der Waals surface area contributed by atoms with Gasteiger partial charge in [-0.2, -0.15) is 15.4 Å². The normalized spacial score (nSPS) is 12.0. The zero-order valence-electron chi connectivity index (χ0n) is 16.9. The van der Waals surface area contributed by atoms with E-state index in [2.05, 4.69) is 35.0 Å². The molecule has 0 N–H and O–H groups in total. The Morgan fingerprint density at radius 3 is 2.52 bits per heavy atom. The molecule has 0 aromatic carbocycles. The smallest absolute Gasteiger partial charge is 0.205 e. The highest BCUT2D eigenvalue weighted by Gasteiger charge is 2.16. The second kappa shape index (κ2) is 8.89. The molecule has 0 unspecified atom stereocenters. The van der Waals surface area contributed by atoms with Crippen molar-refractivity contribution in [2.75, 3.05) is 0 Å². The summed E-state index contributed by atoms with van der Waals surface area (Å²) >= 11 is 12.0. The van der Waals surface area contributed by atoms with Crippen LogP contribution < -0.4 is 0 Å². The van der Waals surface area contributed by atoms with Crippen molar-refractivity contribution >= 4 is 39.9 Å². The van der Waals surface area contributed by atoms with Crippen molar-refractivity contribution in [1.29, 1.82) is 5.26 Å². The van der Waals surface area contributed by atoms with Gasteiger partial charge in [0.1, 0.15) is 10.3 Å². The van der Waals surface area contributed by atoms with Gasteiger partial charge in [-0.15, -0.1) is 0 Å². The van der Waals surface area contributed by atoms with E-state index in [-0.39, 0.29) is 0 Å². The summed E-state index contributed by atoms with van der Waals surface area (Å²) in [6, 6.07) is 5.62. The van der Waals surface area contributed by atoms with Gasteiger partial charge in [-0.25, -0.2) is 9.97 Å². The summed E-state index contributed by atoms with van der Waals surface area (Å²) in [4.78, 5) is 12.8. The lowest BCUT2D eigenvalue weighted by atomic mass is 9.97. The number of hydrogen-bond donors (Lipinski definition) is 0. The number of fused-ring (bicyclic) bond motifs is 1. The first kappa shape index (κ1) is 21.2. The van der Waals surface area contributed by atoms with Gasteiger partial charge in [0.05, 0.1) is 5.69 Å². The lowest BCUT2D eigenvalue weighted by molar-refractivity contribution is 0.769. The van der Waals surface area contributed by atoms with Gasteiger partial charge in [-0.3, -0.25) is 4.68 Å². The highest BCUT2D eigenvalue weighted by atomic mass is 35.5. The Labute approximate surface area is 180 Å². The summed E-state index contributed by atoms with van der Waals surface area (Å²) in [5, 5.41) is 15.4. The number of aromatic nitrogens is 4. The molecule has 0 amide bonds. The van der Waals surface area contributed by atoms with Gasteiger partial charge >= 0.3 is 0 Å². The van der Waals surface area contributed by atoms with E-state index in [0.717, 1.165) is 33.7 Å². The Hall–Kier alpha value is -2.49. The van der Waals surface area contributed by atoms with E-state index < -0.39 is 0 Å². The van der Waals surface area contributed by atoms with Crippen LogP contribution >= 0.6 is 23.2 Å². The van der Waals surface area contributed by atoms with Crippen LogP contribution in [0.5, 0.6) is 0 Å². The van der Waals surface area contributed by atoms with Crippen molar-refractivity contribution < 1.29 is 0 Å². The summed E-state index contributed by atoms with van der Waals surface area (Å²) < 4.78 is 1.82. The van der Waals surface area contributed by atoms with E-state index in [0.29, 0.717) is 35.5 Å². The summed E-state index contributed by atoms with van der Waals surface area (Å²) in [6.07, 6.45) is 3.67. The molecule has 0 radical (unpaired) electrons. The molecule has 3 rings (SSSR count). The van der Waals surface area contributed by atoms with Crippen LogP contribution in [0.25, 0.3) is 11.0 Å². The first-order valence-corrected chi connectivity index (χ1v) is 10.1. The van der Waals surface area contributed by atoms with Gasteiger partial charge in [0, 0.05) is 30.3 Å². The fourth-order valence-corrected chi connectivity index (χ4v) is 4.00. The number of nitrogens with zero attached hydrogens (tertiary/aromatic N) is 6. The standard InChI is InChI=1S/C21H22Cl2N6/c1-12(2)17-10-16(26-21-20(17)13(3)28-29(21)4)6-5-15(25-11-24)7-14-8-18(22)27-19(23)9-14/h8-10,12H,5-7H2,1-4H3. The molecular formula is C21H22Cl2N6. The second-order valence-electron chi connectivity index (χ2n) is 7.34. The molecule has 0 aliphatic heterocycles. The minimum atomic E-state index is 0.323. The van der Waals surface area contributed by atoms with Gasteiger partial charge in [-0.1, -0.05) is 37.0 Å². The summed E-state index contributed by atoms with van der Waals surface area (Å²) in [5.41, 5.74) is 5.69. The van der Waals surface area contributed by atoms with Crippen LogP contribution in [-0.4, -0.2) is 25.5 Å². The molecule has 0 saturated carbocycles. The van der Waals surface area contributed by atoms with E-state index >= 15 is 0 Å². The zero-order chi connectivity index (χ0) is 21.1. The van der Waals surface area contributed by atoms with Crippen molar-refractivity contribution in [3.8, 4) is 6.19 Å². The van der Waals surface area contributed by atoms with Gasteiger partial charge in [0.15, 0.2) is 5.65 Å². The SMILES string of the molecule is Cc1nn(C)c2nc(CCC(Cc3cc(Cl)nc(Cl)c3)=NC#N)cc(C(C)C)c12. The molecule has 29 heavy (non-hydrogen) atoms. The average molecular weight is 429 g/mol. The summed E-state index contributed by atoms with van der Waals surface area (Å²) in [6.45, 7) is 6.35. The van der Waals surface area contributed by atoms with Gasteiger partial charge in [0.25, 0.3) is 0 Å². The lowest BCUT2D eigenvalue weighted by Gasteiger charge is -2.11. The Morgan fingerprint density at radius 1 is 1.21 bits per heavy atom. The first-order valence-electron chi connectivity index (χ1n) is 9.38. The number of rotatable bonds is 6.